The molecule has 0 aromatic heterocycles. The van der Waals surface area contributed by atoms with Crippen molar-refractivity contribution in [2.75, 3.05) is 7.11 Å². The molecule has 0 amide bonds. The van der Waals surface area contributed by atoms with E-state index in [1.165, 1.54) is 7.11 Å². The molecule has 1 unspecified atom stereocenters. The van der Waals surface area contributed by atoms with Crippen molar-refractivity contribution in [3.63, 3.8) is 0 Å². The molecule has 0 spiro atoms. The Bertz CT molecular complexity index is 84.5. The van der Waals surface area contributed by atoms with E-state index in [9.17, 15) is 0 Å². The van der Waals surface area contributed by atoms with Crippen LogP contribution in [0.3, 0.4) is 0 Å². The first-order valence-corrected chi connectivity index (χ1v) is 2.79. The summed E-state index contributed by atoms with van der Waals surface area (Å²) >= 11 is 0. The number of methoxy groups -OCH3 is 1. The highest BCUT2D eigenvalue weighted by Crippen LogP contribution is 2.39. The van der Waals surface area contributed by atoms with E-state index in [0.717, 1.165) is 12.8 Å². The van der Waals surface area contributed by atoms with Gasteiger partial charge in [0.15, 0.2) is 5.79 Å². The molecule has 8 heavy (non-hydrogen) atoms. The molecule has 1 aliphatic rings. The second-order valence-corrected chi connectivity index (χ2v) is 2.32. The maximum atomic E-state index is 9.13. The third-order valence-electron chi connectivity index (χ3n) is 1.57. The van der Waals surface area contributed by atoms with Gasteiger partial charge in [-0.25, -0.2) is 0 Å². The number of hydrogen-bond acceptors (Lipinski definition) is 2. The molecule has 2 heteroatoms. The van der Waals surface area contributed by atoms with Gasteiger partial charge in [0.05, 0.1) is 0 Å². The van der Waals surface area contributed by atoms with Gasteiger partial charge in [-0.1, -0.05) is 0 Å². The van der Waals surface area contributed by atoms with Gasteiger partial charge in [-0.2, -0.15) is 0 Å². The van der Waals surface area contributed by atoms with E-state index in [1.54, 1.807) is 0 Å². The monoisotopic (exact) mass is 115 g/mol. The van der Waals surface area contributed by atoms with Gasteiger partial charge in [-0.3, -0.25) is 0 Å². The van der Waals surface area contributed by atoms with Crippen molar-refractivity contribution in [1.29, 1.82) is 0 Å². The molecule has 0 aromatic carbocycles. The van der Waals surface area contributed by atoms with Crippen LogP contribution in [0.2, 0.25) is 0 Å². The highest BCUT2D eigenvalue weighted by Gasteiger charge is 2.40. The molecule has 1 saturated carbocycles. The van der Waals surface area contributed by atoms with Gasteiger partial charge < -0.3 is 9.84 Å². The average molecular weight is 115 g/mol. The molecule has 2 nitrogen and oxygen atoms in total. The minimum Gasteiger partial charge on any atom is -0.365 e. The molecule has 0 aliphatic heterocycles. The summed E-state index contributed by atoms with van der Waals surface area (Å²) in [4.78, 5) is 0. The Hall–Kier alpha value is -0.0800. The molecule has 1 atom stereocenters. The number of aliphatic hydroxyl groups is 1. The van der Waals surface area contributed by atoms with Crippen molar-refractivity contribution in [1.82, 2.24) is 0 Å². The Morgan fingerprint density at radius 3 is 2.38 bits per heavy atom. The van der Waals surface area contributed by atoms with Crippen LogP contribution in [-0.2, 0) is 4.74 Å². The summed E-state index contributed by atoms with van der Waals surface area (Å²) in [6.45, 7) is 3.48. The van der Waals surface area contributed by atoms with E-state index >= 15 is 0 Å². The summed E-state index contributed by atoms with van der Waals surface area (Å²) in [7, 11) is 1.48. The van der Waals surface area contributed by atoms with E-state index in [2.05, 4.69) is 6.92 Å². The molecule has 1 aliphatic carbocycles. The third-order valence-corrected chi connectivity index (χ3v) is 1.57. The maximum absolute atomic E-state index is 9.13. The Kier molecular flexibility index (Phi) is 1.29. The van der Waals surface area contributed by atoms with Crippen LogP contribution in [0.25, 0.3) is 0 Å². The first kappa shape index (κ1) is 6.05. The van der Waals surface area contributed by atoms with Crippen molar-refractivity contribution in [2.45, 2.75) is 18.6 Å². The quantitative estimate of drug-likeness (QED) is 0.533. The first-order valence-electron chi connectivity index (χ1n) is 2.79. The van der Waals surface area contributed by atoms with Crippen molar-refractivity contribution in [3.8, 4) is 0 Å². The zero-order valence-corrected chi connectivity index (χ0v) is 5.05. The van der Waals surface area contributed by atoms with Crippen LogP contribution in [0.5, 0.6) is 0 Å². The van der Waals surface area contributed by atoms with Crippen LogP contribution in [0.4, 0.5) is 0 Å². The lowest BCUT2D eigenvalue weighted by atomic mass is 10.2. The highest BCUT2D eigenvalue weighted by molar-refractivity contribution is 4.89. The number of rotatable bonds is 2. The number of ether oxygens (including phenoxy) is 1. The molecule has 47 valence electrons. The number of hydrogen-bond donors (Lipinski definition) is 1. The van der Waals surface area contributed by atoms with E-state index in [4.69, 9.17) is 9.84 Å². The normalized spacial score (nSPS) is 27.4. The Balaban J connectivity index is 2.37. The van der Waals surface area contributed by atoms with Gasteiger partial charge in [-0.15, -0.1) is 0 Å². The van der Waals surface area contributed by atoms with Crippen LogP contribution in [-0.4, -0.2) is 18.0 Å². The van der Waals surface area contributed by atoms with Gasteiger partial charge in [0, 0.05) is 20.0 Å². The van der Waals surface area contributed by atoms with E-state index < -0.39 is 5.79 Å². The SMILES string of the molecule is [CH2]C(O)(OC)C1CC1. The predicted octanol–water partition coefficient (Wildman–Crippen LogP) is 0.565. The molecule has 1 radical (unpaired) electrons. The van der Waals surface area contributed by atoms with Crippen molar-refractivity contribution < 1.29 is 9.84 Å². The summed E-state index contributed by atoms with van der Waals surface area (Å²) < 4.78 is 4.71. The molecule has 1 fully saturated rings. The Morgan fingerprint density at radius 1 is 1.75 bits per heavy atom. The summed E-state index contributed by atoms with van der Waals surface area (Å²) in [6.07, 6.45) is 2.10. The van der Waals surface area contributed by atoms with Crippen LogP contribution < -0.4 is 0 Å². The molecular weight excluding hydrogens is 104 g/mol. The average Bonchev–Trinajstić information content (AvgIpc) is 2.44. The molecule has 0 saturated heterocycles. The van der Waals surface area contributed by atoms with Gasteiger partial charge in [0.1, 0.15) is 0 Å². The summed E-state index contributed by atoms with van der Waals surface area (Å²) in [6, 6.07) is 0. The lowest BCUT2D eigenvalue weighted by Crippen LogP contribution is -2.29. The fourth-order valence-corrected chi connectivity index (χ4v) is 0.701. The second kappa shape index (κ2) is 1.71. The van der Waals surface area contributed by atoms with Gasteiger partial charge in [-0.05, 0) is 12.8 Å². The van der Waals surface area contributed by atoms with Crippen LogP contribution >= 0.6 is 0 Å². The lowest BCUT2D eigenvalue weighted by molar-refractivity contribution is -0.163. The van der Waals surface area contributed by atoms with Gasteiger partial charge in [0.2, 0.25) is 0 Å². The summed E-state index contributed by atoms with van der Waals surface area (Å²) in [5, 5.41) is 9.13. The van der Waals surface area contributed by atoms with Crippen LogP contribution in [0.15, 0.2) is 0 Å². The van der Waals surface area contributed by atoms with Crippen molar-refractivity contribution >= 4 is 0 Å². The zero-order chi connectivity index (χ0) is 6.20. The van der Waals surface area contributed by atoms with Crippen LogP contribution in [0.1, 0.15) is 12.8 Å². The van der Waals surface area contributed by atoms with Crippen molar-refractivity contribution in [2.24, 2.45) is 5.92 Å². The topological polar surface area (TPSA) is 29.5 Å². The second-order valence-electron chi connectivity index (χ2n) is 2.32. The Labute approximate surface area is 49.5 Å². The third kappa shape index (κ3) is 1.01. The van der Waals surface area contributed by atoms with Crippen LogP contribution in [0, 0.1) is 12.8 Å². The Morgan fingerprint density at radius 2 is 2.25 bits per heavy atom. The molecular formula is C6H11O2. The summed E-state index contributed by atoms with van der Waals surface area (Å²) in [5.41, 5.74) is 0. The minimum absolute atomic E-state index is 0.285. The van der Waals surface area contributed by atoms with Gasteiger partial charge >= 0.3 is 0 Å². The first-order chi connectivity index (χ1) is 3.67. The molecule has 1 rings (SSSR count). The molecule has 1 N–H and O–H groups in total. The maximum Gasteiger partial charge on any atom is 0.168 e. The standard InChI is InChI=1S/C6H11O2/c1-6(7,8-2)5-3-4-5/h5,7H,1,3-4H2,2H3. The lowest BCUT2D eigenvalue weighted by Gasteiger charge is -2.19. The predicted molar refractivity (Wildman–Crippen MR) is 30.0 cm³/mol. The van der Waals surface area contributed by atoms with E-state index in [1.807, 2.05) is 0 Å². The minimum atomic E-state index is -1.10. The van der Waals surface area contributed by atoms with Gasteiger partial charge in [0.25, 0.3) is 0 Å². The smallest absolute Gasteiger partial charge is 0.168 e. The fourth-order valence-electron chi connectivity index (χ4n) is 0.701. The van der Waals surface area contributed by atoms with E-state index in [-0.39, 0.29) is 5.92 Å². The van der Waals surface area contributed by atoms with Crippen molar-refractivity contribution in [3.05, 3.63) is 6.92 Å². The largest absolute Gasteiger partial charge is 0.365 e. The highest BCUT2D eigenvalue weighted by atomic mass is 16.6. The molecule has 0 aromatic rings. The molecule has 0 bridgehead atoms. The molecule has 0 heterocycles. The summed E-state index contributed by atoms with van der Waals surface area (Å²) in [5.74, 6) is -0.813. The zero-order valence-electron chi connectivity index (χ0n) is 5.05. The fraction of sp³-hybridized carbons (Fsp3) is 0.833. The van der Waals surface area contributed by atoms with E-state index in [0.29, 0.717) is 0 Å².